The van der Waals surface area contributed by atoms with Crippen LogP contribution in [0.15, 0.2) is 47.1 Å². The van der Waals surface area contributed by atoms with Crippen LogP contribution in [0, 0.1) is 4.91 Å². The van der Waals surface area contributed by atoms with Crippen LogP contribution in [0.3, 0.4) is 0 Å². The Balaban J connectivity index is 1.77. The summed E-state index contributed by atoms with van der Waals surface area (Å²) in [6, 6.07) is 6.10. The molecule has 12 heteroatoms. The van der Waals surface area contributed by atoms with Gasteiger partial charge in [-0.1, -0.05) is 30.3 Å². The van der Waals surface area contributed by atoms with Crippen molar-refractivity contribution in [3.63, 3.8) is 0 Å². The molecule has 0 radical (unpaired) electrons. The van der Waals surface area contributed by atoms with E-state index in [0.717, 1.165) is 14.8 Å². The number of carbonyl (C=O) groups excluding carboxylic acids is 2. The van der Waals surface area contributed by atoms with E-state index in [1.165, 1.54) is 13.8 Å². The Hall–Kier alpha value is -3.28. The van der Waals surface area contributed by atoms with Crippen molar-refractivity contribution in [1.82, 2.24) is 14.8 Å². The quantitative estimate of drug-likeness (QED) is 0.512. The van der Waals surface area contributed by atoms with Crippen molar-refractivity contribution in [2.24, 2.45) is 5.29 Å². The van der Waals surface area contributed by atoms with Crippen LogP contribution < -0.4 is 0 Å². The molecule has 0 spiro atoms. The number of aliphatic hydroxyl groups is 1. The summed E-state index contributed by atoms with van der Waals surface area (Å²) < 4.78 is 12.7. The molecule has 30 heavy (non-hydrogen) atoms. The number of benzene rings is 1. The molecule has 0 unspecified atom stereocenters. The molecule has 0 aromatic heterocycles. The molecular weight excluding hydrogens is 416 g/mol. The lowest BCUT2D eigenvalue weighted by Gasteiger charge is -2.53. The first kappa shape index (κ1) is 20.0. The molecule has 1 aromatic rings. The lowest BCUT2D eigenvalue weighted by Crippen LogP contribution is -2.76. The van der Waals surface area contributed by atoms with Crippen molar-refractivity contribution in [1.29, 1.82) is 0 Å². The Bertz CT molecular complexity index is 1020. The van der Waals surface area contributed by atoms with E-state index in [9.17, 15) is 33.7 Å². The highest BCUT2D eigenvalue weighted by Crippen LogP contribution is 2.47. The molecule has 4 rings (SSSR count). The highest BCUT2D eigenvalue weighted by Gasteiger charge is 2.66. The summed E-state index contributed by atoms with van der Waals surface area (Å²) in [5.41, 5.74) is -1.49. The van der Waals surface area contributed by atoms with E-state index >= 15 is 0 Å². The third-order valence-corrected chi connectivity index (χ3v) is 7.19. The van der Waals surface area contributed by atoms with Crippen molar-refractivity contribution in [3.05, 3.63) is 52.3 Å². The number of carboxylic acid groups (broad SMARTS) is 1. The number of carbonyl (C=O) groups is 3. The van der Waals surface area contributed by atoms with Gasteiger partial charge in [-0.15, -0.1) is 4.91 Å². The molecule has 2 saturated heterocycles. The summed E-state index contributed by atoms with van der Waals surface area (Å²) in [5.74, 6) is -4.03. The fraction of sp³-hybridized carbons (Fsp3) is 0.389. The third kappa shape index (κ3) is 2.49. The largest absolute Gasteiger partial charge is 0.509 e. The molecular formula is C18H18N4O7S. The number of amides is 2. The highest BCUT2D eigenvalue weighted by atomic mass is 32.2. The van der Waals surface area contributed by atoms with Crippen LogP contribution >= 0.6 is 0 Å². The number of rotatable bonds is 4. The van der Waals surface area contributed by atoms with E-state index in [0.29, 0.717) is 5.56 Å². The molecule has 1 aromatic carbocycles. The molecule has 158 valence electrons. The second kappa shape index (κ2) is 6.62. The summed E-state index contributed by atoms with van der Waals surface area (Å²) in [6.07, 6.45) is 0. The second-order valence-electron chi connectivity index (χ2n) is 7.61. The average molecular weight is 434 g/mol. The zero-order chi connectivity index (χ0) is 22.0. The lowest BCUT2D eigenvalue weighted by molar-refractivity contribution is -0.164. The SMILES string of the molecule is CC1(C)N(N=O)[C@H](c2ccccc2)C(=O)N1[C@@H]1C(=O)N2C(C(=O)O)=C(O)C[S@@](=O)[C@H]12. The molecule has 3 aliphatic rings. The van der Waals surface area contributed by atoms with Crippen molar-refractivity contribution >= 4 is 28.6 Å². The Morgan fingerprint density at radius 1 is 1.20 bits per heavy atom. The van der Waals surface area contributed by atoms with Crippen LogP contribution in [0.5, 0.6) is 0 Å². The summed E-state index contributed by atoms with van der Waals surface area (Å²) in [6.45, 7) is 3.06. The predicted molar refractivity (Wildman–Crippen MR) is 102 cm³/mol. The molecule has 2 N–H and O–H groups in total. The molecule has 3 heterocycles. The number of hydrogen-bond acceptors (Lipinski definition) is 7. The molecule has 2 amide bonds. The molecule has 0 aliphatic carbocycles. The van der Waals surface area contributed by atoms with E-state index in [4.69, 9.17) is 0 Å². The van der Waals surface area contributed by atoms with Crippen molar-refractivity contribution in [2.75, 3.05) is 5.75 Å². The molecule has 2 fully saturated rings. The minimum Gasteiger partial charge on any atom is -0.509 e. The minimum absolute atomic E-state index is 0.452. The zero-order valence-corrected chi connectivity index (χ0v) is 16.8. The number of fused-ring (bicyclic) bond motifs is 1. The van der Waals surface area contributed by atoms with E-state index in [1.807, 2.05) is 0 Å². The maximum Gasteiger partial charge on any atom is 0.356 e. The highest BCUT2D eigenvalue weighted by molar-refractivity contribution is 7.86. The number of aliphatic carboxylic acids is 1. The van der Waals surface area contributed by atoms with Gasteiger partial charge in [0.15, 0.2) is 11.7 Å². The van der Waals surface area contributed by atoms with Crippen LogP contribution in [0.1, 0.15) is 25.5 Å². The summed E-state index contributed by atoms with van der Waals surface area (Å²) in [5, 5.41) is 22.2. The standard InChI is InChI=1S/C18H18N4O7S/c1-18(2)21(15(25)11(22(18)19-28)9-6-4-3-5-7-9)13-14(24)20-12(17(26)27)10(23)8-30(29)16(13)20/h3-7,11,13,16,23H,8H2,1-2H3,(H,26,27)/t11-,13-,16-,30-/m1/s1. The van der Waals surface area contributed by atoms with Gasteiger partial charge >= 0.3 is 5.97 Å². The second-order valence-corrected chi connectivity index (χ2v) is 9.14. The Morgan fingerprint density at radius 3 is 2.40 bits per heavy atom. The van der Waals surface area contributed by atoms with Gasteiger partial charge in [-0.2, -0.15) is 0 Å². The zero-order valence-electron chi connectivity index (χ0n) is 16.0. The first-order valence-electron chi connectivity index (χ1n) is 8.99. The first-order valence-corrected chi connectivity index (χ1v) is 10.4. The monoisotopic (exact) mass is 434 g/mol. The first-order chi connectivity index (χ1) is 14.1. The van der Waals surface area contributed by atoms with Gasteiger partial charge in [0, 0.05) is 0 Å². The van der Waals surface area contributed by atoms with Crippen molar-refractivity contribution in [3.8, 4) is 0 Å². The van der Waals surface area contributed by atoms with Gasteiger partial charge in [0.25, 0.3) is 11.8 Å². The number of nitrogens with zero attached hydrogens (tertiary/aromatic N) is 4. The van der Waals surface area contributed by atoms with Crippen LogP contribution in [0.4, 0.5) is 0 Å². The topological polar surface area (TPSA) is 148 Å². The molecule has 0 bridgehead atoms. The van der Waals surface area contributed by atoms with E-state index in [1.54, 1.807) is 30.3 Å². The summed E-state index contributed by atoms with van der Waals surface area (Å²) >= 11 is 0. The van der Waals surface area contributed by atoms with Gasteiger partial charge in [0.2, 0.25) is 0 Å². The van der Waals surface area contributed by atoms with Crippen molar-refractivity contribution < 1.29 is 28.8 Å². The van der Waals surface area contributed by atoms with Gasteiger partial charge in [0.1, 0.15) is 22.8 Å². The molecule has 0 saturated carbocycles. The lowest BCUT2D eigenvalue weighted by atomic mass is 9.99. The van der Waals surface area contributed by atoms with Crippen molar-refractivity contribution in [2.45, 2.75) is 37.0 Å². The smallest absolute Gasteiger partial charge is 0.356 e. The summed E-state index contributed by atoms with van der Waals surface area (Å²) in [4.78, 5) is 51.4. The molecule has 3 aliphatic heterocycles. The van der Waals surface area contributed by atoms with Crippen LogP contribution in [-0.2, 0) is 25.2 Å². The summed E-state index contributed by atoms with van der Waals surface area (Å²) in [7, 11) is -1.85. The Kier molecular flexibility index (Phi) is 4.42. The maximum atomic E-state index is 13.4. The van der Waals surface area contributed by atoms with Crippen LogP contribution in [-0.4, -0.2) is 69.8 Å². The number of nitroso groups, excluding NO2 is 1. The average Bonchev–Trinajstić information content (AvgIpc) is 2.88. The van der Waals surface area contributed by atoms with E-state index in [2.05, 4.69) is 5.29 Å². The Morgan fingerprint density at radius 2 is 1.83 bits per heavy atom. The third-order valence-electron chi connectivity index (χ3n) is 5.63. The molecule has 4 atom stereocenters. The van der Waals surface area contributed by atoms with E-state index < -0.39 is 68.9 Å². The predicted octanol–water partition coefficient (Wildman–Crippen LogP) is 0.443. The minimum atomic E-state index is -1.85. The van der Waals surface area contributed by atoms with Gasteiger partial charge in [-0.3, -0.25) is 18.7 Å². The van der Waals surface area contributed by atoms with E-state index in [-0.39, 0.29) is 0 Å². The fourth-order valence-corrected chi connectivity index (χ4v) is 5.86. The Labute approximate surface area is 172 Å². The number of β-lactam (4-membered cyclic amide) rings is 1. The maximum absolute atomic E-state index is 13.4. The fourth-order valence-electron chi connectivity index (χ4n) is 4.32. The molecule has 11 nitrogen and oxygen atoms in total. The number of aliphatic hydroxyl groups excluding tert-OH is 1. The van der Waals surface area contributed by atoms with Gasteiger partial charge in [-0.25, -0.2) is 9.80 Å². The number of hydrogen-bond donors (Lipinski definition) is 2. The number of carboxylic acids is 1. The van der Waals surface area contributed by atoms with Gasteiger partial charge < -0.3 is 15.1 Å². The van der Waals surface area contributed by atoms with Crippen LogP contribution in [0.2, 0.25) is 0 Å². The normalized spacial score (nSPS) is 30.3. The van der Waals surface area contributed by atoms with Crippen LogP contribution in [0.25, 0.3) is 0 Å². The van der Waals surface area contributed by atoms with Gasteiger partial charge in [0.05, 0.1) is 21.8 Å². The van der Waals surface area contributed by atoms with Gasteiger partial charge in [-0.05, 0) is 19.4 Å².